The van der Waals surface area contributed by atoms with Gasteiger partial charge in [0.25, 0.3) is 10.0 Å². The van der Waals surface area contributed by atoms with E-state index >= 15 is 0 Å². The first-order valence-corrected chi connectivity index (χ1v) is 9.74. The standard InChI is InChI=1S/C14H14ClN3O5S2/c1-2-23-12(19)7-9-8-24-14(16-9)17-13(20)18-25(21,22)11-6-4-3-5-10(11)15/h3-6,8H,2,7H2,1H3,(H2,16,17,18,20). The van der Waals surface area contributed by atoms with Crippen molar-refractivity contribution in [1.82, 2.24) is 9.71 Å². The van der Waals surface area contributed by atoms with Crippen LogP contribution in [-0.2, 0) is 26.0 Å². The summed E-state index contributed by atoms with van der Waals surface area (Å²) >= 11 is 6.88. The van der Waals surface area contributed by atoms with Crippen molar-refractivity contribution in [3.05, 3.63) is 40.4 Å². The van der Waals surface area contributed by atoms with E-state index in [1.807, 2.05) is 4.72 Å². The number of hydrogen-bond acceptors (Lipinski definition) is 7. The van der Waals surface area contributed by atoms with Crippen molar-refractivity contribution in [2.24, 2.45) is 0 Å². The van der Waals surface area contributed by atoms with Gasteiger partial charge in [0.2, 0.25) is 0 Å². The first-order valence-electron chi connectivity index (χ1n) is 7.00. The average molecular weight is 404 g/mol. The molecule has 0 aliphatic rings. The number of ether oxygens (including phenoxy) is 1. The van der Waals surface area contributed by atoms with E-state index in [2.05, 4.69) is 10.3 Å². The molecule has 2 rings (SSSR count). The summed E-state index contributed by atoms with van der Waals surface area (Å²) in [6, 6.07) is 4.75. The van der Waals surface area contributed by atoms with Gasteiger partial charge < -0.3 is 4.74 Å². The number of nitrogens with one attached hydrogen (secondary N) is 2. The lowest BCUT2D eigenvalue weighted by Gasteiger charge is -2.08. The topological polar surface area (TPSA) is 114 Å². The van der Waals surface area contributed by atoms with Crippen LogP contribution in [0.15, 0.2) is 34.5 Å². The third-order valence-corrected chi connectivity index (χ3v) is 5.39. The van der Waals surface area contributed by atoms with E-state index < -0.39 is 22.0 Å². The van der Waals surface area contributed by atoms with Gasteiger partial charge >= 0.3 is 12.0 Å². The first kappa shape index (κ1) is 19.2. The quantitative estimate of drug-likeness (QED) is 0.716. The molecule has 2 aromatic rings. The molecule has 1 aromatic carbocycles. The summed E-state index contributed by atoms with van der Waals surface area (Å²) in [6.07, 6.45) is -0.0361. The molecule has 0 bridgehead atoms. The van der Waals surface area contributed by atoms with Crippen LogP contribution in [0.3, 0.4) is 0 Å². The molecule has 0 spiro atoms. The summed E-state index contributed by atoms with van der Waals surface area (Å²) in [7, 11) is -4.12. The van der Waals surface area contributed by atoms with E-state index in [1.54, 1.807) is 18.4 Å². The Morgan fingerprint density at radius 1 is 1.32 bits per heavy atom. The van der Waals surface area contributed by atoms with Gasteiger partial charge in [0.05, 0.1) is 23.7 Å². The maximum absolute atomic E-state index is 12.1. The number of anilines is 1. The Hall–Kier alpha value is -2.17. The van der Waals surface area contributed by atoms with Gasteiger partial charge in [0, 0.05) is 5.38 Å². The Kier molecular flexibility index (Phi) is 6.34. The van der Waals surface area contributed by atoms with Crippen molar-refractivity contribution in [2.75, 3.05) is 11.9 Å². The first-order chi connectivity index (χ1) is 11.8. The number of nitrogens with zero attached hydrogens (tertiary/aromatic N) is 1. The van der Waals surface area contributed by atoms with Crippen molar-refractivity contribution in [1.29, 1.82) is 0 Å². The van der Waals surface area contributed by atoms with Crippen molar-refractivity contribution in [2.45, 2.75) is 18.2 Å². The molecular weight excluding hydrogens is 390 g/mol. The van der Waals surface area contributed by atoms with Crippen molar-refractivity contribution < 1.29 is 22.7 Å². The summed E-state index contributed by atoms with van der Waals surface area (Å²) in [5.74, 6) is -0.440. The SMILES string of the molecule is CCOC(=O)Cc1csc(NC(=O)NS(=O)(=O)c2ccccc2Cl)n1. The van der Waals surface area contributed by atoms with E-state index in [4.69, 9.17) is 16.3 Å². The lowest BCUT2D eigenvalue weighted by molar-refractivity contribution is -0.142. The molecule has 0 fully saturated rings. The summed E-state index contributed by atoms with van der Waals surface area (Å²) in [6.45, 7) is 1.95. The largest absolute Gasteiger partial charge is 0.466 e. The Labute approximate surface area is 153 Å². The third kappa shape index (κ3) is 5.41. The lowest BCUT2D eigenvalue weighted by Crippen LogP contribution is -2.34. The minimum atomic E-state index is -4.12. The zero-order chi connectivity index (χ0) is 18.4. The van der Waals surface area contributed by atoms with Crippen LogP contribution < -0.4 is 10.0 Å². The van der Waals surface area contributed by atoms with Gasteiger partial charge in [-0.1, -0.05) is 23.7 Å². The maximum Gasteiger partial charge on any atom is 0.334 e. The van der Waals surface area contributed by atoms with Crippen LogP contribution in [0.1, 0.15) is 12.6 Å². The fourth-order valence-electron chi connectivity index (χ4n) is 1.77. The molecule has 1 aromatic heterocycles. The fourth-order valence-corrected chi connectivity index (χ4v) is 3.90. The molecule has 11 heteroatoms. The van der Waals surface area contributed by atoms with Crippen LogP contribution >= 0.6 is 22.9 Å². The number of halogens is 1. The van der Waals surface area contributed by atoms with Gasteiger partial charge in [0.15, 0.2) is 5.13 Å². The highest BCUT2D eigenvalue weighted by atomic mass is 35.5. The number of rotatable bonds is 6. The number of amides is 2. The normalized spacial score (nSPS) is 11.0. The zero-order valence-corrected chi connectivity index (χ0v) is 15.4. The van der Waals surface area contributed by atoms with Crippen molar-refractivity contribution in [3.63, 3.8) is 0 Å². The van der Waals surface area contributed by atoms with Crippen LogP contribution in [0.5, 0.6) is 0 Å². The van der Waals surface area contributed by atoms with Gasteiger partial charge in [-0.2, -0.15) is 0 Å². The van der Waals surface area contributed by atoms with Crippen molar-refractivity contribution >= 4 is 50.1 Å². The minimum absolute atomic E-state index is 0.00577. The monoisotopic (exact) mass is 403 g/mol. The fraction of sp³-hybridized carbons (Fsp3) is 0.214. The molecule has 25 heavy (non-hydrogen) atoms. The lowest BCUT2D eigenvalue weighted by atomic mass is 10.3. The van der Waals surface area contributed by atoms with Gasteiger partial charge in [-0.05, 0) is 19.1 Å². The minimum Gasteiger partial charge on any atom is -0.466 e. The average Bonchev–Trinajstić information content (AvgIpc) is 2.93. The number of hydrogen-bond donors (Lipinski definition) is 2. The highest BCUT2D eigenvalue weighted by Crippen LogP contribution is 2.20. The van der Waals surface area contributed by atoms with E-state index in [-0.39, 0.29) is 28.1 Å². The molecule has 2 amide bonds. The molecule has 0 aliphatic carbocycles. The molecule has 0 saturated carbocycles. The highest BCUT2D eigenvalue weighted by molar-refractivity contribution is 7.90. The van der Waals surface area contributed by atoms with Gasteiger partial charge in [-0.15, -0.1) is 11.3 Å². The Morgan fingerprint density at radius 2 is 2.04 bits per heavy atom. The number of sulfonamides is 1. The third-order valence-electron chi connectivity index (χ3n) is 2.76. The maximum atomic E-state index is 12.1. The Bertz CT molecular complexity index is 882. The van der Waals surface area contributed by atoms with Crippen LogP contribution in [0.2, 0.25) is 5.02 Å². The Balaban J connectivity index is 2.00. The van der Waals surface area contributed by atoms with Crippen molar-refractivity contribution in [3.8, 4) is 0 Å². The molecule has 134 valence electrons. The van der Waals surface area contributed by atoms with Crippen LogP contribution in [-0.4, -0.2) is 32.0 Å². The number of aromatic nitrogens is 1. The number of urea groups is 1. The summed E-state index contributed by atoms with van der Waals surface area (Å²) in [5, 5.41) is 4.00. The van der Waals surface area contributed by atoms with Gasteiger partial charge in [0.1, 0.15) is 4.90 Å². The predicted octanol–water partition coefficient (Wildman–Crippen LogP) is 2.41. The molecule has 0 aliphatic heterocycles. The second-order valence-electron chi connectivity index (χ2n) is 4.62. The summed E-state index contributed by atoms with van der Waals surface area (Å²) in [4.78, 5) is 27.1. The van der Waals surface area contributed by atoms with Gasteiger partial charge in [-0.25, -0.2) is 22.9 Å². The van der Waals surface area contributed by atoms with Crippen LogP contribution in [0, 0.1) is 0 Å². The summed E-state index contributed by atoms with van der Waals surface area (Å²) < 4.78 is 30.9. The molecule has 0 atom stereocenters. The van der Waals surface area contributed by atoms with E-state index in [9.17, 15) is 18.0 Å². The number of thiazole rings is 1. The highest BCUT2D eigenvalue weighted by Gasteiger charge is 2.21. The molecule has 8 nitrogen and oxygen atoms in total. The molecule has 1 heterocycles. The van der Waals surface area contributed by atoms with Crippen LogP contribution in [0.4, 0.5) is 9.93 Å². The smallest absolute Gasteiger partial charge is 0.334 e. The second-order valence-corrected chi connectivity index (χ2v) is 7.53. The second kappa shape index (κ2) is 8.28. The number of carbonyl (C=O) groups excluding carboxylic acids is 2. The van der Waals surface area contributed by atoms with E-state index in [0.717, 1.165) is 11.3 Å². The molecule has 0 saturated heterocycles. The molecular formula is C14H14ClN3O5S2. The van der Waals surface area contributed by atoms with E-state index in [0.29, 0.717) is 5.69 Å². The predicted molar refractivity (Wildman–Crippen MR) is 93.2 cm³/mol. The number of esters is 1. The van der Waals surface area contributed by atoms with E-state index in [1.165, 1.54) is 18.2 Å². The Morgan fingerprint density at radius 3 is 2.72 bits per heavy atom. The van der Waals surface area contributed by atoms with Gasteiger partial charge in [-0.3, -0.25) is 10.1 Å². The summed E-state index contributed by atoms with van der Waals surface area (Å²) in [5.41, 5.74) is 0.410. The number of benzene rings is 1. The van der Waals surface area contributed by atoms with Crippen LogP contribution in [0.25, 0.3) is 0 Å². The zero-order valence-electron chi connectivity index (χ0n) is 13.0. The molecule has 2 N–H and O–H groups in total. The molecule has 0 radical (unpaired) electrons. The number of carbonyl (C=O) groups is 2. The molecule has 0 unspecified atom stereocenters.